The van der Waals surface area contributed by atoms with E-state index < -0.39 is 27.6 Å². The quantitative estimate of drug-likeness (QED) is 0.798. The molecule has 28 heavy (non-hydrogen) atoms. The highest BCUT2D eigenvalue weighted by Crippen LogP contribution is 2.38. The topological polar surface area (TPSA) is 73.8 Å². The third-order valence-electron chi connectivity index (χ3n) is 4.54. The molecule has 1 aliphatic rings. The Balaban J connectivity index is 2.09. The van der Waals surface area contributed by atoms with Gasteiger partial charge in [-0.15, -0.1) is 0 Å². The molecule has 1 aliphatic heterocycles. The molecular formula is C19H22F2N4O2S. The maximum atomic E-state index is 14.8. The van der Waals surface area contributed by atoms with Crippen molar-refractivity contribution in [2.24, 2.45) is 4.99 Å². The van der Waals surface area contributed by atoms with E-state index in [0.29, 0.717) is 13.1 Å². The van der Waals surface area contributed by atoms with E-state index in [9.17, 15) is 17.2 Å². The van der Waals surface area contributed by atoms with Crippen molar-refractivity contribution in [3.63, 3.8) is 0 Å². The smallest absolute Gasteiger partial charge is 0.266 e. The zero-order valence-corrected chi connectivity index (χ0v) is 16.6. The number of hydrogen-bond acceptors (Lipinski definition) is 4. The monoisotopic (exact) mass is 408 g/mol. The Morgan fingerprint density at radius 2 is 1.82 bits per heavy atom. The molecule has 6 nitrogen and oxygen atoms in total. The summed E-state index contributed by atoms with van der Waals surface area (Å²) in [4.78, 5) is 6.02. The molecule has 0 radical (unpaired) electrons. The lowest BCUT2D eigenvalue weighted by atomic mass is 9.91. The van der Waals surface area contributed by atoms with Crippen molar-refractivity contribution in [1.29, 1.82) is 0 Å². The molecule has 9 heteroatoms. The van der Waals surface area contributed by atoms with Crippen LogP contribution >= 0.6 is 0 Å². The van der Waals surface area contributed by atoms with Crippen molar-refractivity contribution < 1.29 is 17.2 Å². The molecule has 3 rings (SSSR count). The van der Waals surface area contributed by atoms with Crippen molar-refractivity contribution in [2.45, 2.75) is 17.7 Å². The molecule has 1 unspecified atom stereocenters. The van der Waals surface area contributed by atoms with Gasteiger partial charge in [0.1, 0.15) is 16.5 Å². The Labute approximate surface area is 163 Å². The van der Waals surface area contributed by atoms with Gasteiger partial charge in [-0.25, -0.2) is 21.9 Å². The first kappa shape index (κ1) is 20.2. The van der Waals surface area contributed by atoms with Gasteiger partial charge in [0.05, 0.1) is 12.2 Å². The summed E-state index contributed by atoms with van der Waals surface area (Å²) in [5.41, 5.74) is 0.435. The Bertz CT molecular complexity index is 1020. The average Bonchev–Trinajstić information content (AvgIpc) is 2.60. The largest absolute Gasteiger partial charge is 0.324 e. The van der Waals surface area contributed by atoms with Crippen molar-refractivity contribution in [3.8, 4) is 0 Å². The molecule has 1 heterocycles. The van der Waals surface area contributed by atoms with Gasteiger partial charge in [-0.3, -0.25) is 4.99 Å². The highest BCUT2D eigenvalue weighted by atomic mass is 32.2. The van der Waals surface area contributed by atoms with Crippen molar-refractivity contribution >= 4 is 21.7 Å². The number of rotatable bonds is 5. The molecule has 1 atom stereocenters. The molecule has 0 spiro atoms. The summed E-state index contributed by atoms with van der Waals surface area (Å²) in [5.74, 6) is -1.79. The molecule has 2 N–H and O–H groups in total. The zero-order chi connectivity index (χ0) is 20.5. The molecule has 0 saturated heterocycles. The number of fused-ring (bicyclic) bond motifs is 1. The molecule has 2 aromatic rings. The van der Waals surface area contributed by atoms with Gasteiger partial charge in [-0.2, -0.15) is 0 Å². The predicted molar refractivity (Wildman–Crippen MR) is 105 cm³/mol. The Morgan fingerprint density at radius 3 is 2.50 bits per heavy atom. The van der Waals surface area contributed by atoms with E-state index in [1.807, 2.05) is 19.0 Å². The first-order chi connectivity index (χ1) is 13.2. The molecule has 0 amide bonds. The molecule has 2 aromatic carbocycles. The van der Waals surface area contributed by atoms with E-state index in [1.54, 1.807) is 25.1 Å². The van der Waals surface area contributed by atoms with Crippen LogP contribution in [0.25, 0.3) is 0 Å². The van der Waals surface area contributed by atoms with E-state index in [4.69, 9.17) is 0 Å². The number of sulfonamides is 1. The van der Waals surface area contributed by atoms with Crippen LogP contribution in [0, 0.1) is 11.6 Å². The lowest BCUT2D eigenvalue weighted by Crippen LogP contribution is -2.41. The van der Waals surface area contributed by atoms with E-state index in [2.05, 4.69) is 15.0 Å². The van der Waals surface area contributed by atoms with Crippen LogP contribution in [0.4, 0.5) is 14.5 Å². The second-order valence-corrected chi connectivity index (χ2v) is 8.49. The van der Waals surface area contributed by atoms with E-state index >= 15 is 0 Å². The van der Waals surface area contributed by atoms with Gasteiger partial charge in [0.25, 0.3) is 10.0 Å². The van der Waals surface area contributed by atoms with Crippen LogP contribution in [-0.2, 0) is 10.0 Å². The fourth-order valence-corrected chi connectivity index (χ4v) is 4.25. The summed E-state index contributed by atoms with van der Waals surface area (Å²) in [6, 6.07) is 8.32. The third kappa shape index (κ3) is 4.00. The van der Waals surface area contributed by atoms with Gasteiger partial charge in [0.2, 0.25) is 5.96 Å². The minimum absolute atomic E-state index is 0.0157. The summed E-state index contributed by atoms with van der Waals surface area (Å²) in [6.07, 6.45) is 0. The number of anilines is 1. The Morgan fingerprint density at radius 1 is 1.11 bits per heavy atom. The Kier molecular flexibility index (Phi) is 5.66. The van der Waals surface area contributed by atoms with Gasteiger partial charge < -0.3 is 10.2 Å². The number of nitrogens with zero attached hydrogens (tertiary/aromatic N) is 2. The summed E-state index contributed by atoms with van der Waals surface area (Å²) >= 11 is 0. The maximum absolute atomic E-state index is 14.8. The maximum Gasteiger partial charge on any atom is 0.266 e. The highest BCUT2D eigenvalue weighted by molar-refractivity contribution is 7.90. The number of benzene rings is 2. The van der Waals surface area contributed by atoms with Crippen LogP contribution in [0.15, 0.2) is 46.3 Å². The van der Waals surface area contributed by atoms with Gasteiger partial charge >= 0.3 is 0 Å². The van der Waals surface area contributed by atoms with Gasteiger partial charge in [-0.1, -0.05) is 25.1 Å². The van der Waals surface area contributed by atoms with Crippen molar-refractivity contribution in [2.75, 3.05) is 32.5 Å². The second kappa shape index (κ2) is 7.84. The summed E-state index contributed by atoms with van der Waals surface area (Å²) in [5, 5.41) is 2.88. The molecule has 0 bridgehead atoms. The normalized spacial score (nSPS) is 17.7. The van der Waals surface area contributed by atoms with E-state index in [0.717, 1.165) is 6.07 Å². The van der Waals surface area contributed by atoms with Crippen LogP contribution in [0.1, 0.15) is 24.0 Å². The van der Waals surface area contributed by atoms with Crippen molar-refractivity contribution in [1.82, 2.24) is 9.62 Å². The van der Waals surface area contributed by atoms with Crippen LogP contribution in [0.5, 0.6) is 0 Å². The van der Waals surface area contributed by atoms with E-state index in [-0.39, 0.29) is 27.7 Å². The number of halogens is 2. The van der Waals surface area contributed by atoms with Gasteiger partial charge in [0, 0.05) is 18.0 Å². The minimum Gasteiger partial charge on any atom is -0.324 e. The second-order valence-electron chi connectivity index (χ2n) is 6.84. The summed E-state index contributed by atoms with van der Waals surface area (Å²) < 4.78 is 56.6. The lowest BCUT2D eigenvalue weighted by molar-refractivity contribution is 0.420. The van der Waals surface area contributed by atoms with Gasteiger partial charge in [0.15, 0.2) is 0 Å². The fourth-order valence-electron chi connectivity index (χ4n) is 3.09. The predicted octanol–water partition coefficient (Wildman–Crippen LogP) is 2.74. The SMILES string of the molecule is CC(c1ccccc1F)c1c(F)ccc2c1NC(=NCCN(C)C)NS2(=O)=O. The zero-order valence-electron chi connectivity index (χ0n) is 15.8. The molecule has 150 valence electrons. The van der Waals surface area contributed by atoms with Crippen LogP contribution in [0.3, 0.4) is 0 Å². The minimum atomic E-state index is -3.92. The number of likely N-dealkylation sites (N-methyl/N-ethyl adjacent to an activating group) is 1. The molecule has 0 aliphatic carbocycles. The van der Waals surface area contributed by atoms with E-state index in [1.165, 1.54) is 12.1 Å². The first-order valence-corrected chi connectivity index (χ1v) is 10.2. The highest BCUT2D eigenvalue weighted by Gasteiger charge is 2.32. The summed E-state index contributed by atoms with van der Waals surface area (Å²) in [6.45, 7) is 2.60. The Hall–Kier alpha value is -2.52. The molecule has 0 aromatic heterocycles. The lowest BCUT2D eigenvalue weighted by Gasteiger charge is -2.26. The third-order valence-corrected chi connectivity index (χ3v) is 5.92. The number of aliphatic imine (C=N–C) groups is 1. The number of hydrogen-bond donors (Lipinski definition) is 2. The number of nitrogens with one attached hydrogen (secondary N) is 2. The molecule has 0 saturated carbocycles. The standard InChI is InChI=1S/C19H22F2N4O2S/c1-12(13-6-4-5-7-14(13)20)17-15(21)8-9-16-18(17)23-19(24-28(16,26)27)22-10-11-25(2)3/h4-9,12H,10-11H2,1-3H3,(H2,22,23,24). The van der Waals surface area contributed by atoms with Crippen LogP contribution in [-0.4, -0.2) is 46.5 Å². The molecular weight excluding hydrogens is 386 g/mol. The van der Waals surface area contributed by atoms with Crippen molar-refractivity contribution in [3.05, 3.63) is 59.2 Å². The number of guanidine groups is 1. The van der Waals surface area contributed by atoms with Crippen LogP contribution in [0.2, 0.25) is 0 Å². The average molecular weight is 408 g/mol. The fraction of sp³-hybridized carbons (Fsp3) is 0.316. The van der Waals surface area contributed by atoms with Gasteiger partial charge in [-0.05, 0) is 37.9 Å². The summed E-state index contributed by atoms with van der Waals surface area (Å²) in [7, 11) is -0.179. The first-order valence-electron chi connectivity index (χ1n) is 8.76. The van der Waals surface area contributed by atoms with Crippen LogP contribution < -0.4 is 10.0 Å². The molecule has 0 fully saturated rings.